The molecule has 1 N–H and O–H groups in total. The summed E-state index contributed by atoms with van der Waals surface area (Å²) in [7, 11) is 4.00. The summed E-state index contributed by atoms with van der Waals surface area (Å²) in [6, 6.07) is 0.578. The molecule has 1 saturated carbocycles. The third-order valence-corrected chi connectivity index (χ3v) is 3.45. The highest BCUT2D eigenvalue weighted by Crippen LogP contribution is 2.20. The Kier molecular flexibility index (Phi) is 6.22. The number of nitrogens with zero attached hydrogens (tertiary/aromatic N) is 1. The summed E-state index contributed by atoms with van der Waals surface area (Å²) >= 11 is 0. The molecule has 90 valence electrons. The molecular formula is C12H26N2O. The third-order valence-electron chi connectivity index (χ3n) is 3.45. The van der Waals surface area contributed by atoms with Crippen molar-refractivity contribution < 1.29 is 4.74 Å². The number of likely N-dealkylation sites (N-methyl/N-ethyl adjacent to an activating group) is 1. The summed E-state index contributed by atoms with van der Waals surface area (Å²) in [5.74, 6) is 0. The van der Waals surface area contributed by atoms with Gasteiger partial charge in [0.2, 0.25) is 0 Å². The summed E-state index contributed by atoms with van der Waals surface area (Å²) < 4.78 is 5.51. The van der Waals surface area contributed by atoms with Crippen LogP contribution in [0.4, 0.5) is 0 Å². The summed E-state index contributed by atoms with van der Waals surface area (Å²) in [6.07, 6.45) is 5.60. The van der Waals surface area contributed by atoms with Crippen LogP contribution < -0.4 is 5.32 Å². The van der Waals surface area contributed by atoms with Crippen molar-refractivity contribution in [2.24, 2.45) is 0 Å². The molecule has 0 spiro atoms. The molecule has 0 aliphatic heterocycles. The van der Waals surface area contributed by atoms with E-state index in [1.807, 2.05) is 7.11 Å². The van der Waals surface area contributed by atoms with E-state index in [9.17, 15) is 0 Å². The zero-order valence-corrected chi connectivity index (χ0v) is 10.5. The fourth-order valence-electron chi connectivity index (χ4n) is 2.21. The van der Waals surface area contributed by atoms with E-state index in [0.717, 1.165) is 19.6 Å². The molecule has 0 amide bonds. The fourth-order valence-corrected chi connectivity index (χ4v) is 2.21. The van der Waals surface area contributed by atoms with E-state index >= 15 is 0 Å². The van der Waals surface area contributed by atoms with Gasteiger partial charge in [-0.2, -0.15) is 0 Å². The number of methoxy groups -OCH3 is 1. The minimum atomic E-state index is 0.436. The van der Waals surface area contributed by atoms with Gasteiger partial charge in [0.05, 0.1) is 6.10 Å². The first-order valence-corrected chi connectivity index (χ1v) is 6.22. The molecule has 0 aromatic heterocycles. The molecule has 2 unspecified atom stereocenters. The van der Waals surface area contributed by atoms with Crippen molar-refractivity contribution in [1.29, 1.82) is 0 Å². The summed E-state index contributed by atoms with van der Waals surface area (Å²) in [5, 5.41) is 3.62. The largest absolute Gasteiger partial charge is 0.380 e. The zero-order valence-electron chi connectivity index (χ0n) is 10.5. The molecule has 0 aromatic rings. The standard InChI is InChI=1S/C12H26N2O/c1-4-14(2)10-9-13-11-7-5-6-8-12(11)15-3/h11-13H,4-10H2,1-3H3. The Balaban J connectivity index is 2.17. The SMILES string of the molecule is CCN(C)CCNC1CCCCC1OC. The molecule has 2 atom stereocenters. The van der Waals surface area contributed by atoms with Crippen molar-refractivity contribution in [1.82, 2.24) is 10.2 Å². The highest BCUT2D eigenvalue weighted by Gasteiger charge is 2.23. The van der Waals surface area contributed by atoms with Crippen LogP contribution in [-0.4, -0.2) is 50.8 Å². The van der Waals surface area contributed by atoms with Gasteiger partial charge in [-0.3, -0.25) is 0 Å². The topological polar surface area (TPSA) is 24.5 Å². The lowest BCUT2D eigenvalue weighted by Gasteiger charge is -2.31. The Morgan fingerprint density at radius 1 is 1.33 bits per heavy atom. The van der Waals surface area contributed by atoms with E-state index in [2.05, 4.69) is 24.2 Å². The Morgan fingerprint density at radius 3 is 2.73 bits per heavy atom. The van der Waals surface area contributed by atoms with Gasteiger partial charge in [0.1, 0.15) is 0 Å². The van der Waals surface area contributed by atoms with Crippen LogP contribution in [0.2, 0.25) is 0 Å². The molecule has 1 rings (SSSR count). The molecule has 0 bridgehead atoms. The minimum Gasteiger partial charge on any atom is -0.380 e. The second kappa shape index (κ2) is 7.20. The van der Waals surface area contributed by atoms with Gasteiger partial charge in [-0.05, 0) is 26.4 Å². The predicted molar refractivity (Wildman–Crippen MR) is 64.2 cm³/mol. The molecule has 3 heteroatoms. The number of hydrogen-bond acceptors (Lipinski definition) is 3. The van der Waals surface area contributed by atoms with Crippen LogP contribution in [0.5, 0.6) is 0 Å². The molecule has 15 heavy (non-hydrogen) atoms. The Labute approximate surface area is 94.2 Å². The van der Waals surface area contributed by atoms with Gasteiger partial charge in [-0.25, -0.2) is 0 Å². The van der Waals surface area contributed by atoms with Crippen LogP contribution in [0.15, 0.2) is 0 Å². The molecule has 1 aliphatic rings. The first-order valence-electron chi connectivity index (χ1n) is 6.22. The van der Waals surface area contributed by atoms with Gasteiger partial charge in [0.15, 0.2) is 0 Å². The van der Waals surface area contributed by atoms with Crippen LogP contribution >= 0.6 is 0 Å². The van der Waals surface area contributed by atoms with E-state index in [0.29, 0.717) is 12.1 Å². The van der Waals surface area contributed by atoms with Gasteiger partial charge >= 0.3 is 0 Å². The molecule has 0 heterocycles. The number of nitrogens with one attached hydrogen (secondary N) is 1. The summed E-state index contributed by atoms with van der Waals surface area (Å²) in [4.78, 5) is 2.33. The van der Waals surface area contributed by atoms with Crippen LogP contribution in [0.1, 0.15) is 32.6 Å². The molecule has 1 fully saturated rings. The molecule has 1 aliphatic carbocycles. The van der Waals surface area contributed by atoms with Gasteiger partial charge < -0.3 is 15.0 Å². The molecule has 3 nitrogen and oxygen atoms in total. The second-order valence-electron chi connectivity index (χ2n) is 4.52. The average molecular weight is 214 g/mol. The maximum atomic E-state index is 5.51. The lowest BCUT2D eigenvalue weighted by molar-refractivity contribution is 0.0413. The number of ether oxygens (including phenoxy) is 1. The third kappa shape index (κ3) is 4.49. The zero-order chi connectivity index (χ0) is 11.1. The Bertz CT molecular complexity index is 164. The summed E-state index contributed by atoms with van der Waals surface area (Å²) in [6.45, 7) is 5.52. The van der Waals surface area contributed by atoms with E-state index in [1.165, 1.54) is 25.7 Å². The van der Waals surface area contributed by atoms with Crippen molar-refractivity contribution in [3.8, 4) is 0 Å². The van der Waals surface area contributed by atoms with Crippen LogP contribution in [-0.2, 0) is 4.74 Å². The summed E-state index contributed by atoms with van der Waals surface area (Å²) in [5.41, 5.74) is 0. The Hall–Kier alpha value is -0.120. The highest BCUT2D eigenvalue weighted by molar-refractivity contribution is 4.81. The van der Waals surface area contributed by atoms with Gasteiger partial charge in [0.25, 0.3) is 0 Å². The molecule has 0 aromatic carbocycles. The van der Waals surface area contributed by atoms with Crippen LogP contribution in [0, 0.1) is 0 Å². The lowest BCUT2D eigenvalue weighted by atomic mass is 9.92. The van der Waals surface area contributed by atoms with Crippen molar-refractivity contribution in [3.05, 3.63) is 0 Å². The van der Waals surface area contributed by atoms with E-state index in [1.54, 1.807) is 0 Å². The smallest absolute Gasteiger partial charge is 0.0724 e. The maximum Gasteiger partial charge on any atom is 0.0724 e. The minimum absolute atomic E-state index is 0.436. The molecule has 0 saturated heterocycles. The first kappa shape index (κ1) is 12.9. The highest BCUT2D eigenvalue weighted by atomic mass is 16.5. The maximum absolute atomic E-state index is 5.51. The van der Waals surface area contributed by atoms with E-state index < -0.39 is 0 Å². The van der Waals surface area contributed by atoms with E-state index in [4.69, 9.17) is 4.74 Å². The van der Waals surface area contributed by atoms with Crippen molar-refractivity contribution in [2.75, 3.05) is 33.8 Å². The van der Waals surface area contributed by atoms with Gasteiger partial charge in [-0.1, -0.05) is 19.8 Å². The normalized spacial score (nSPS) is 27.2. The van der Waals surface area contributed by atoms with Crippen LogP contribution in [0.25, 0.3) is 0 Å². The monoisotopic (exact) mass is 214 g/mol. The quantitative estimate of drug-likeness (QED) is 0.725. The van der Waals surface area contributed by atoms with Gasteiger partial charge in [-0.15, -0.1) is 0 Å². The Morgan fingerprint density at radius 2 is 2.07 bits per heavy atom. The van der Waals surface area contributed by atoms with Crippen molar-refractivity contribution in [3.63, 3.8) is 0 Å². The van der Waals surface area contributed by atoms with E-state index in [-0.39, 0.29) is 0 Å². The number of hydrogen-bond donors (Lipinski definition) is 1. The van der Waals surface area contributed by atoms with Gasteiger partial charge in [0, 0.05) is 26.2 Å². The molecule has 0 radical (unpaired) electrons. The number of rotatable bonds is 6. The van der Waals surface area contributed by atoms with Crippen molar-refractivity contribution >= 4 is 0 Å². The first-order chi connectivity index (χ1) is 7.27. The average Bonchev–Trinajstić information content (AvgIpc) is 2.29. The van der Waals surface area contributed by atoms with Crippen molar-refractivity contribution in [2.45, 2.75) is 44.8 Å². The predicted octanol–water partition coefficient (Wildman–Crippen LogP) is 1.49. The second-order valence-corrected chi connectivity index (χ2v) is 4.52. The lowest BCUT2D eigenvalue weighted by Crippen LogP contribution is -2.45. The fraction of sp³-hybridized carbons (Fsp3) is 1.00. The molecular weight excluding hydrogens is 188 g/mol. The van der Waals surface area contributed by atoms with Crippen LogP contribution in [0.3, 0.4) is 0 Å².